The van der Waals surface area contributed by atoms with Gasteiger partial charge in [-0.05, 0) is 18.6 Å². The van der Waals surface area contributed by atoms with E-state index < -0.39 is 0 Å². The largest absolute Gasteiger partial charge is 0.396 e. The highest BCUT2D eigenvalue weighted by Gasteiger charge is 2.02. The lowest BCUT2D eigenvalue weighted by molar-refractivity contribution is -0.116. The number of aliphatic hydroxyl groups excluding tert-OH is 1. The molecule has 0 saturated carbocycles. The highest BCUT2D eigenvalue weighted by Crippen LogP contribution is 2.16. The molecule has 0 aliphatic carbocycles. The maximum atomic E-state index is 11.5. The van der Waals surface area contributed by atoms with E-state index in [1.54, 1.807) is 6.20 Å². The number of aromatic nitrogens is 1. The molecule has 88 valence electrons. The van der Waals surface area contributed by atoms with Crippen LogP contribution >= 0.6 is 0 Å². The van der Waals surface area contributed by atoms with Crippen LogP contribution in [0, 0.1) is 0 Å². The molecule has 0 spiro atoms. The van der Waals surface area contributed by atoms with Crippen molar-refractivity contribution in [2.45, 2.75) is 12.8 Å². The van der Waals surface area contributed by atoms with Gasteiger partial charge in [0.1, 0.15) is 0 Å². The predicted octanol–water partition coefficient (Wildman–Crippen LogP) is 1.95. The Labute approximate surface area is 99.3 Å². The van der Waals surface area contributed by atoms with Gasteiger partial charge in [-0.15, -0.1) is 0 Å². The normalized spacial score (nSPS) is 10.4. The number of hydrogen-bond donors (Lipinski definition) is 2. The number of pyridine rings is 1. The molecule has 0 fully saturated rings. The minimum Gasteiger partial charge on any atom is -0.396 e. The van der Waals surface area contributed by atoms with E-state index in [0.29, 0.717) is 18.5 Å². The van der Waals surface area contributed by atoms with Gasteiger partial charge in [0, 0.05) is 18.4 Å². The zero-order chi connectivity index (χ0) is 12.1. The van der Waals surface area contributed by atoms with Crippen molar-refractivity contribution in [3.05, 3.63) is 36.5 Å². The first-order chi connectivity index (χ1) is 8.29. The van der Waals surface area contributed by atoms with E-state index in [2.05, 4.69) is 10.3 Å². The molecule has 2 N–H and O–H groups in total. The highest BCUT2D eigenvalue weighted by atomic mass is 16.3. The Morgan fingerprint density at radius 3 is 3.00 bits per heavy atom. The zero-order valence-electron chi connectivity index (χ0n) is 9.39. The second-order valence-electron chi connectivity index (χ2n) is 3.79. The maximum Gasteiger partial charge on any atom is 0.224 e. The molecule has 0 bridgehead atoms. The Morgan fingerprint density at radius 2 is 2.18 bits per heavy atom. The van der Waals surface area contributed by atoms with Crippen LogP contribution in [0.2, 0.25) is 0 Å². The summed E-state index contributed by atoms with van der Waals surface area (Å²) < 4.78 is 0. The van der Waals surface area contributed by atoms with Crippen molar-refractivity contribution in [2.75, 3.05) is 11.9 Å². The third kappa shape index (κ3) is 3.01. The molecule has 1 amide bonds. The fourth-order valence-corrected chi connectivity index (χ4v) is 1.60. The average molecular weight is 230 g/mol. The summed E-state index contributed by atoms with van der Waals surface area (Å²) in [7, 11) is 0. The van der Waals surface area contributed by atoms with Crippen molar-refractivity contribution >= 4 is 22.5 Å². The topological polar surface area (TPSA) is 62.2 Å². The van der Waals surface area contributed by atoms with Crippen LogP contribution < -0.4 is 5.32 Å². The Balaban J connectivity index is 2.11. The summed E-state index contributed by atoms with van der Waals surface area (Å²) in [5.74, 6) is -0.101. The molecule has 0 aliphatic heterocycles. The van der Waals surface area contributed by atoms with E-state index in [0.717, 1.165) is 10.9 Å². The molecule has 1 heterocycles. The maximum absolute atomic E-state index is 11.5. The standard InChI is InChI=1S/C13H14N2O2/c16-7-3-6-13(17)15-11-8-10-4-1-2-5-12(10)14-9-11/h1-2,4-5,8-9,16H,3,6-7H2,(H,15,17). The molecule has 17 heavy (non-hydrogen) atoms. The highest BCUT2D eigenvalue weighted by molar-refractivity contribution is 5.93. The second kappa shape index (κ2) is 5.41. The summed E-state index contributed by atoms with van der Waals surface area (Å²) in [4.78, 5) is 15.7. The molecule has 4 heteroatoms. The lowest BCUT2D eigenvalue weighted by atomic mass is 10.2. The number of anilines is 1. The first-order valence-corrected chi connectivity index (χ1v) is 5.55. The van der Waals surface area contributed by atoms with Crippen LogP contribution in [0.4, 0.5) is 5.69 Å². The molecule has 0 radical (unpaired) electrons. The van der Waals surface area contributed by atoms with E-state index in [-0.39, 0.29) is 12.5 Å². The van der Waals surface area contributed by atoms with E-state index in [1.165, 1.54) is 0 Å². The van der Waals surface area contributed by atoms with Crippen LogP contribution in [0.5, 0.6) is 0 Å². The van der Waals surface area contributed by atoms with Gasteiger partial charge < -0.3 is 10.4 Å². The van der Waals surface area contributed by atoms with Gasteiger partial charge in [-0.3, -0.25) is 9.78 Å². The molecular formula is C13H14N2O2. The number of carbonyl (C=O) groups excluding carboxylic acids is 1. The van der Waals surface area contributed by atoms with Gasteiger partial charge in [-0.2, -0.15) is 0 Å². The van der Waals surface area contributed by atoms with Crippen molar-refractivity contribution in [3.8, 4) is 0 Å². The third-order valence-electron chi connectivity index (χ3n) is 2.44. The number of nitrogens with zero attached hydrogens (tertiary/aromatic N) is 1. The molecule has 2 rings (SSSR count). The fraction of sp³-hybridized carbons (Fsp3) is 0.231. The van der Waals surface area contributed by atoms with Crippen molar-refractivity contribution < 1.29 is 9.90 Å². The first kappa shape index (κ1) is 11.5. The smallest absolute Gasteiger partial charge is 0.224 e. The van der Waals surface area contributed by atoms with E-state index in [9.17, 15) is 4.79 Å². The summed E-state index contributed by atoms with van der Waals surface area (Å²) >= 11 is 0. The zero-order valence-corrected chi connectivity index (χ0v) is 9.39. The molecule has 0 aliphatic rings. The summed E-state index contributed by atoms with van der Waals surface area (Å²) in [6, 6.07) is 9.62. The van der Waals surface area contributed by atoms with Gasteiger partial charge >= 0.3 is 0 Å². The van der Waals surface area contributed by atoms with Crippen LogP contribution in [0.3, 0.4) is 0 Å². The molecule has 0 atom stereocenters. The van der Waals surface area contributed by atoms with Crippen molar-refractivity contribution in [3.63, 3.8) is 0 Å². The van der Waals surface area contributed by atoms with Crippen molar-refractivity contribution in [1.82, 2.24) is 4.98 Å². The lowest BCUT2D eigenvalue weighted by Gasteiger charge is -2.05. The molecule has 4 nitrogen and oxygen atoms in total. The summed E-state index contributed by atoms with van der Waals surface area (Å²) in [6.07, 6.45) is 2.44. The number of rotatable bonds is 4. The van der Waals surface area contributed by atoms with Gasteiger partial charge in [-0.25, -0.2) is 0 Å². The third-order valence-corrected chi connectivity index (χ3v) is 2.44. The number of fused-ring (bicyclic) bond motifs is 1. The molecule has 1 aromatic heterocycles. The van der Waals surface area contributed by atoms with Gasteiger partial charge in [0.25, 0.3) is 0 Å². The summed E-state index contributed by atoms with van der Waals surface area (Å²) in [6.45, 7) is 0.0311. The van der Waals surface area contributed by atoms with Crippen molar-refractivity contribution in [2.24, 2.45) is 0 Å². The van der Waals surface area contributed by atoms with Gasteiger partial charge in [-0.1, -0.05) is 18.2 Å². The van der Waals surface area contributed by atoms with Crippen LogP contribution in [0.1, 0.15) is 12.8 Å². The Morgan fingerprint density at radius 1 is 1.35 bits per heavy atom. The van der Waals surface area contributed by atoms with Crippen LogP contribution in [-0.4, -0.2) is 22.6 Å². The van der Waals surface area contributed by atoms with Gasteiger partial charge in [0.05, 0.1) is 17.4 Å². The minimum atomic E-state index is -0.101. The molecule has 1 aromatic carbocycles. The van der Waals surface area contributed by atoms with Gasteiger partial charge in [0.15, 0.2) is 0 Å². The summed E-state index contributed by atoms with van der Waals surface area (Å²) in [5.41, 5.74) is 1.59. The summed E-state index contributed by atoms with van der Waals surface area (Å²) in [5, 5.41) is 12.4. The first-order valence-electron chi connectivity index (χ1n) is 5.55. The van der Waals surface area contributed by atoms with E-state index >= 15 is 0 Å². The molecule has 0 unspecified atom stereocenters. The molecule has 2 aromatic rings. The van der Waals surface area contributed by atoms with E-state index in [4.69, 9.17) is 5.11 Å². The number of amides is 1. The molecule has 0 saturated heterocycles. The predicted molar refractivity (Wildman–Crippen MR) is 66.7 cm³/mol. The average Bonchev–Trinajstić information content (AvgIpc) is 2.36. The van der Waals surface area contributed by atoms with Crippen LogP contribution in [0.15, 0.2) is 36.5 Å². The number of hydrogen-bond acceptors (Lipinski definition) is 3. The number of para-hydroxylation sites is 1. The number of nitrogens with one attached hydrogen (secondary N) is 1. The minimum absolute atomic E-state index is 0.0311. The Kier molecular flexibility index (Phi) is 3.67. The Hall–Kier alpha value is -1.94. The second-order valence-corrected chi connectivity index (χ2v) is 3.79. The van der Waals surface area contributed by atoms with Crippen LogP contribution in [0.25, 0.3) is 10.9 Å². The van der Waals surface area contributed by atoms with E-state index in [1.807, 2.05) is 30.3 Å². The Bertz CT molecular complexity index is 526. The van der Waals surface area contributed by atoms with Crippen LogP contribution in [-0.2, 0) is 4.79 Å². The number of carbonyl (C=O) groups is 1. The SMILES string of the molecule is O=C(CCCO)Nc1cnc2ccccc2c1. The van der Waals surface area contributed by atoms with Crippen molar-refractivity contribution in [1.29, 1.82) is 0 Å². The quantitative estimate of drug-likeness (QED) is 0.843. The monoisotopic (exact) mass is 230 g/mol. The van der Waals surface area contributed by atoms with Gasteiger partial charge in [0.2, 0.25) is 5.91 Å². The lowest BCUT2D eigenvalue weighted by Crippen LogP contribution is -2.11. The number of benzene rings is 1. The number of aliphatic hydroxyl groups is 1. The fourth-order valence-electron chi connectivity index (χ4n) is 1.60. The molecular weight excluding hydrogens is 216 g/mol.